The van der Waals surface area contributed by atoms with Gasteiger partial charge in [-0.25, -0.2) is 0 Å². The van der Waals surface area contributed by atoms with Crippen molar-refractivity contribution in [3.63, 3.8) is 0 Å². The number of ketones is 3. The molecule has 0 bridgehead atoms. The summed E-state index contributed by atoms with van der Waals surface area (Å²) in [6, 6.07) is 12.4. The summed E-state index contributed by atoms with van der Waals surface area (Å²) in [6.07, 6.45) is 10.2. The van der Waals surface area contributed by atoms with Crippen molar-refractivity contribution in [2.75, 3.05) is 0 Å². The zero-order valence-corrected chi connectivity index (χ0v) is 19.5. The van der Waals surface area contributed by atoms with Gasteiger partial charge in [0, 0.05) is 38.6 Å². The van der Waals surface area contributed by atoms with Crippen molar-refractivity contribution in [2.24, 2.45) is 11.8 Å². The highest BCUT2D eigenvalue weighted by Gasteiger charge is 2.27. The van der Waals surface area contributed by atoms with Crippen LogP contribution in [0.2, 0.25) is 0 Å². The third kappa shape index (κ3) is 5.23. The van der Waals surface area contributed by atoms with E-state index in [9.17, 15) is 14.4 Å². The van der Waals surface area contributed by atoms with Crippen molar-refractivity contribution in [1.82, 2.24) is 0 Å². The van der Waals surface area contributed by atoms with E-state index in [1.165, 1.54) is 12.8 Å². The summed E-state index contributed by atoms with van der Waals surface area (Å²) in [4.78, 5) is 39.8. The molecule has 2 saturated carbocycles. The molecular formula is C27H29BrO3. The number of hydrogen-bond acceptors (Lipinski definition) is 3. The Labute approximate surface area is 192 Å². The maximum atomic E-state index is 13.3. The summed E-state index contributed by atoms with van der Waals surface area (Å²) in [5, 5.41) is 0. The smallest absolute Gasteiger partial charge is 0.193 e. The van der Waals surface area contributed by atoms with E-state index in [0.29, 0.717) is 22.3 Å². The van der Waals surface area contributed by atoms with Gasteiger partial charge in [-0.15, -0.1) is 0 Å². The van der Waals surface area contributed by atoms with Crippen LogP contribution in [0.25, 0.3) is 0 Å². The topological polar surface area (TPSA) is 51.2 Å². The molecule has 2 aliphatic carbocycles. The van der Waals surface area contributed by atoms with E-state index in [1.54, 1.807) is 30.3 Å². The molecule has 0 atom stereocenters. The van der Waals surface area contributed by atoms with Gasteiger partial charge in [0.1, 0.15) is 0 Å². The molecule has 4 rings (SSSR count). The number of Topliss-reactive ketones (excluding diaryl/α,β-unsaturated/α-hetero) is 2. The molecule has 162 valence electrons. The normalized spacial score (nSPS) is 18.0. The lowest BCUT2D eigenvalue weighted by molar-refractivity contribution is 0.0889. The molecular weight excluding hydrogens is 452 g/mol. The number of benzene rings is 2. The minimum Gasteiger partial charge on any atom is -0.294 e. The number of rotatable bonds is 6. The Kier molecular flexibility index (Phi) is 7.16. The number of carbonyl (C=O) groups is 3. The fourth-order valence-electron chi connectivity index (χ4n) is 5.01. The van der Waals surface area contributed by atoms with Gasteiger partial charge in [0.25, 0.3) is 0 Å². The summed E-state index contributed by atoms with van der Waals surface area (Å²) >= 11 is 3.40. The van der Waals surface area contributed by atoms with E-state index in [-0.39, 0.29) is 29.2 Å². The van der Waals surface area contributed by atoms with E-state index in [2.05, 4.69) is 15.9 Å². The molecule has 2 aliphatic rings. The van der Waals surface area contributed by atoms with E-state index in [4.69, 9.17) is 0 Å². The van der Waals surface area contributed by atoms with Crippen LogP contribution < -0.4 is 0 Å². The second-order valence-corrected chi connectivity index (χ2v) is 9.95. The van der Waals surface area contributed by atoms with E-state index in [0.717, 1.165) is 55.8 Å². The molecule has 0 unspecified atom stereocenters. The summed E-state index contributed by atoms with van der Waals surface area (Å²) in [5.41, 5.74) is 2.03. The van der Waals surface area contributed by atoms with Gasteiger partial charge in [-0.1, -0.05) is 54.5 Å². The Morgan fingerprint density at radius 3 is 1.45 bits per heavy atom. The highest BCUT2D eigenvalue weighted by Crippen LogP contribution is 2.31. The summed E-state index contributed by atoms with van der Waals surface area (Å²) < 4.78 is 0.901. The molecule has 2 fully saturated rings. The Hall–Kier alpha value is -2.07. The summed E-state index contributed by atoms with van der Waals surface area (Å²) in [6.45, 7) is 0. The van der Waals surface area contributed by atoms with Crippen LogP contribution in [0, 0.1) is 11.8 Å². The Bertz CT molecular complexity index is 916. The van der Waals surface area contributed by atoms with Crippen molar-refractivity contribution in [2.45, 2.75) is 64.2 Å². The fourth-order valence-corrected chi connectivity index (χ4v) is 5.28. The standard InChI is InChI=1S/C27H29BrO3/c28-24-13-11-20(12-14-24)27(31)23-16-21(25(29)18-7-3-1-4-8-18)15-22(17-23)26(30)19-9-5-2-6-10-19/h11-19H,1-10H2. The first-order valence-electron chi connectivity index (χ1n) is 11.6. The summed E-state index contributed by atoms with van der Waals surface area (Å²) in [5.74, 6) is 0.0306. The lowest BCUT2D eigenvalue weighted by atomic mass is 9.80. The Morgan fingerprint density at radius 2 is 1.00 bits per heavy atom. The van der Waals surface area contributed by atoms with Crippen LogP contribution in [0.15, 0.2) is 46.9 Å². The highest BCUT2D eigenvalue weighted by atomic mass is 79.9. The number of carbonyl (C=O) groups excluding carboxylic acids is 3. The average molecular weight is 481 g/mol. The maximum Gasteiger partial charge on any atom is 0.193 e. The van der Waals surface area contributed by atoms with Crippen LogP contribution in [0.5, 0.6) is 0 Å². The van der Waals surface area contributed by atoms with Gasteiger partial charge in [-0.05, 0) is 68.1 Å². The van der Waals surface area contributed by atoms with E-state index >= 15 is 0 Å². The molecule has 0 radical (unpaired) electrons. The molecule has 0 N–H and O–H groups in total. The van der Waals surface area contributed by atoms with Crippen molar-refractivity contribution in [1.29, 1.82) is 0 Å². The molecule has 4 heteroatoms. The first kappa shape index (κ1) is 22.1. The van der Waals surface area contributed by atoms with Gasteiger partial charge in [0.2, 0.25) is 0 Å². The lowest BCUT2D eigenvalue weighted by Crippen LogP contribution is -2.21. The first-order chi connectivity index (χ1) is 15.0. The Balaban J connectivity index is 1.70. The SMILES string of the molecule is O=C(c1ccc(Br)cc1)c1cc(C(=O)C2CCCCC2)cc(C(=O)C2CCCCC2)c1. The summed E-state index contributed by atoms with van der Waals surface area (Å²) in [7, 11) is 0. The number of halogens is 1. The molecule has 2 aromatic rings. The third-order valence-electron chi connectivity index (χ3n) is 6.82. The minimum atomic E-state index is -0.150. The van der Waals surface area contributed by atoms with Crippen LogP contribution in [0.1, 0.15) is 101 Å². The molecule has 0 aliphatic heterocycles. The molecule has 2 aromatic carbocycles. The largest absolute Gasteiger partial charge is 0.294 e. The van der Waals surface area contributed by atoms with Gasteiger partial charge in [0.05, 0.1) is 0 Å². The predicted molar refractivity (Wildman–Crippen MR) is 126 cm³/mol. The van der Waals surface area contributed by atoms with Crippen LogP contribution in [-0.4, -0.2) is 17.3 Å². The molecule has 3 nitrogen and oxygen atoms in total. The van der Waals surface area contributed by atoms with E-state index < -0.39 is 0 Å². The van der Waals surface area contributed by atoms with Crippen LogP contribution in [0.3, 0.4) is 0 Å². The molecule has 0 saturated heterocycles. The average Bonchev–Trinajstić information content (AvgIpc) is 2.84. The zero-order valence-electron chi connectivity index (χ0n) is 17.9. The quantitative estimate of drug-likeness (QED) is 0.410. The van der Waals surface area contributed by atoms with Gasteiger partial charge < -0.3 is 0 Å². The molecule has 0 heterocycles. The fraction of sp³-hybridized carbons (Fsp3) is 0.444. The van der Waals surface area contributed by atoms with Crippen LogP contribution in [0.4, 0.5) is 0 Å². The third-order valence-corrected chi connectivity index (χ3v) is 7.35. The van der Waals surface area contributed by atoms with Gasteiger partial charge in [-0.3, -0.25) is 14.4 Å². The second-order valence-electron chi connectivity index (χ2n) is 9.03. The van der Waals surface area contributed by atoms with Crippen molar-refractivity contribution in [3.8, 4) is 0 Å². The molecule has 0 aromatic heterocycles. The van der Waals surface area contributed by atoms with Crippen molar-refractivity contribution >= 4 is 33.3 Å². The number of hydrogen-bond donors (Lipinski definition) is 0. The van der Waals surface area contributed by atoms with Gasteiger partial charge in [-0.2, -0.15) is 0 Å². The van der Waals surface area contributed by atoms with E-state index in [1.807, 2.05) is 12.1 Å². The zero-order chi connectivity index (χ0) is 21.8. The Morgan fingerprint density at radius 1 is 0.581 bits per heavy atom. The molecule has 0 spiro atoms. The highest BCUT2D eigenvalue weighted by molar-refractivity contribution is 9.10. The minimum absolute atomic E-state index is 0.00409. The molecule has 31 heavy (non-hydrogen) atoms. The van der Waals surface area contributed by atoms with Gasteiger partial charge >= 0.3 is 0 Å². The molecule has 0 amide bonds. The van der Waals surface area contributed by atoms with Gasteiger partial charge in [0.15, 0.2) is 17.3 Å². The van der Waals surface area contributed by atoms with Crippen molar-refractivity contribution in [3.05, 3.63) is 69.2 Å². The van der Waals surface area contributed by atoms with Crippen molar-refractivity contribution < 1.29 is 14.4 Å². The van der Waals surface area contributed by atoms with Crippen LogP contribution >= 0.6 is 15.9 Å². The van der Waals surface area contributed by atoms with Crippen LogP contribution in [-0.2, 0) is 0 Å². The second kappa shape index (κ2) is 10.0. The lowest BCUT2D eigenvalue weighted by Gasteiger charge is -2.22. The first-order valence-corrected chi connectivity index (χ1v) is 12.4. The monoisotopic (exact) mass is 480 g/mol. The maximum absolute atomic E-state index is 13.3. The predicted octanol–water partition coefficient (Wildman–Crippen LogP) is 7.21.